The Kier molecular flexibility index (Phi) is 3.50. The molecule has 1 unspecified atom stereocenters. The molecule has 1 aromatic carbocycles. The molecule has 1 rings (SSSR count). The fourth-order valence-corrected chi connectivity index (χ4v) is 1.09. The van der Waals surface area contributed by atoms with Gasteiger partial charge in [-0.15, -0.1) is 0 Å². The molecule has 0 bridgehead atoms. The van der Waals surface area contributed by atoms with E-state index in [9.17, 15) is 18.0 Å². The summed E-state index contributed by atoms with van der Waals surface area (Å²) >= 11 is 0. The molecule has 0 saturated heterocycles. The van der Waals surface area contributed by atoms with Crippen molar-refractivity contribution in [1.82, 2.24) is 0 Å². The van der Waals surface area contributed by atoms with Crippen LogP contribution in [0, 0.1) is 0 Å². The van der Waals surface area contributed by atoms with Gasteiger partial charge < -0.3 is 15.6 Å². The van der Waals surface area contributed by atoms with E-state index in [0.717, 1.165) is 6.92 Å². The van der Waals surface area contributed by atoms with E-state index in [1.807, 2.05) is 0 Å². The van der Waals surface area contributed by atoms with Gasteiger partial charge in [-0.3, -0.25) is 0 Å². The topological polar surface area (TPSA) is 72.5 Å². The summed E-state index contributed by atoms with van der Waals surface area (Å²) in [5.74, 6) is -1.62. The van der Waals surface area contributed by atoms with Gasteiger partial charge in [0.05, 0.1) is 11.3 Å². The van der Waals surface area contributed by atoms with Crippen molar-refractivity contribution in [3.05, 3.63) is 23.8 Å². The van der Waals surface area contributed by atoms with Crippen molar-refractivity contribution in [3.63, 3.8) is 0 Å². The van der Waals surface area contributed by atoms with Crippen LogP contribution in [0.5, 0.6) is 5.75 Å². The molecular weight excluding hydrogens is 239 g/mol. The minimum atomic E-state index is -4.54. The molecule has 0 aliphatic rings. The summed E-state index contributed by atoms with van der Waals surface area (Å²) in [4.78, 5) is 10.7. The molecule has 94 valence electrons. The molecular formula is C10H10F3NO3. The fraction of sp³-hybridized carbons (Fsp3) is 0.300. The molecule has 1 aromatic rings. The van der Waals surface area contributed by atoms with Gasteiger partial charge in [0.1, 0.15) is 5.75 Å². The number of carbonyl (C=O) groups is 1. The lowest BCUT2D eigenvalue weighted by Crippen LogP contribution is -2.31. The second-order valence-electron chi connectivity index (χ2n) is 3.32. The van der Waals surface area contributed by atoms with E-state index >= 15 is 0 Å². The van der Waals surface area contributed by atoms with Crippen molar-refractivity contribution in [1.29, 1.82) is 0 Å². The third-order valence-electron chi connectivity index (χ3n) is 2.06. The van der Waals surface area contributed by atoms with E-state index in [-0.39, 0.29) is 17.0 Å². The minimum Gasteiger partial charge on any atom is -0.479 e. The predicted molar refractivity (Wildman–Crippen MR) is 54.0 cm³/mol. The van der Waals surface area contributed by atoms with Crippen molar-refractivity contribution >= 4 is 11.7 Å². The number of alkyl halides is 3. The first kappa shape index (κ1) is 13.1. The lowest BCUT2D eigenvalue weighted by Gasteiger charge is -2.19. The first-order valence-corrected chi connectivity index (χ1v) is 4.58. The van der Waals surface area contributed by atoms with E-state index in [0.29, 0.717) is 0 Å². The lowest BCUT2D eigenvalue weighted by molar-refractivity contribution is -0.189. The molecule has 0 amide bonds. The summed E-state index contributed by atoms with van der Waals surface area (Å²) < 4.78 is 41.3. The van der Waals surface area contributed by atoms with Gasteiger partial charge in [-0.25, -0.2) is 4.79 Å². The zero-order chi connectivity index (χ0) is 13.2. The largest absolute Gasteiger partial charge is 0.479 e. The van der Waals surface area contributed by atoms with E-state index < -0.39 is 18.2 Å². The highest BCUT2D eigenvalue weighted by molar-refractivity contribution is 5.95. The quantitative estimate of drug-likeness (QED) is 0.806. The van der Waals surface area contributed by atoms with Crippen LogP contribution in [-0.2, 0) is 0 Å². The number of nitrogen functional groups attached to an aromatic ring is 1. The van der Waals surface area contributed by atoms with Crippen LogP contribution in [0.1, 0.15) is 17.3 Å². The van der Waals surface area contributed by atoms with Gasteiger partial charge in [0.15, 0.2) is 6.10 Å². The SMILES string of the molecule is CC(Oc1cccc(C(=O)O)c1N)C(F)(F)F. The number of anilines is 1. The van der Waals surface area contributed by atoms with Gasteiger partial charge in [0.2, 0.25) is 0 Å². The van der Waals surface area contributed by atoms with Crippen LogP contribution in [-0.4, -0.2) is 23.4 Å². The maximum atomic E-state index is 12.2. The maximum absolute atomic E-state index is 12.2. The first-order valence-electron chi connectivity index (χ1n) is 4.58. The molecule has 17 heavy (non-hydrogen) atoms. The van der Waals surface area contributed by atoms with Gasteiger partial charge in [0, 0.05) is 0 Å². The van der Waals surface area contributed by atoms with Gasteiger partial charge >= 0.3 is 12.1 Å². The van der Waals surface area contributed by atoms with Crippen LogP contribution in [0.4, 0.5) is 18.9 Å². The molecule has 0 aliphatic carbocycles. The Morgan fingerprint density at radius 3 is 2.53 bits per heavy atom. The highest BCUT2D eigenvalue weighted by atomic mass is 19.4. The molecule has 3 N–H and O–H groups in total. The third-order valence-corrected chi connectivity index (χ3v) is 2.06. The fourth-order valence-electron chi connectivity index (χ4n) is 1.09. The van der Waals surface area contributed by atoms with E-state index in [1.165, 1.54) is 18.2 Å². The Balaban J connectivity index is 3.01. The Labute approximate surface area is 94.8 Å². The van der Waals surface area contributed by atoms with Crippen LogP contribution < -0.4 is 10.5 Å². The summed E-state index contributed by atoms with van der Waals surface area (Å²) in [6.07, 6.45) is -6.60. The molecule has 0 fully saturated rings. The van der Waals surface area contributed by atoms with Crippen molar-refractivity contribution in [3.8, 4) is 5.75 Å². The number of carboxylic acids is 1. The zero-order valence-corrected chi connectivity index (χ0v) is 8.78. The van der Waals surface area contributed by atoms with Crippen LogP contribution >= 0.6 is 0 Å². The van der Waals surface area contributed by atoms with Crippen LogP contribution in [0.2, 0.25) is 0 Å². The number of carboxylic acid groups (broad SMARTS) is 1. The highest BCUT2D eigenvalue weighted by Crippen LogP contribution is 2.30. The Morgan fingerprint density at radius 1 is 1.47 bits per heavy atom. The average Bonchev–Trinajstić information content (AvgIpc) is 2.19. The van der Waals surface area contributed by atoms with Crippen molar-refractivity contribution < 1.29 is 27.8 Å². The second-order valence-corrected chi connectivity index (χ2v) is 3.32. The number of rotatable bonds is 3. The van der Waals surface area contributed by atoms with Crippen molar-refractivity contribution in [2.24, 2.45) is 0 Å². The van der Waals surface area contributed by atoms with E-state index in [4.69, 9.17) is 10.8 Å². The Morgan fingerprint density at radius 2 is 2.06 bits per heavy atom. The van der Waals surface area contributed by atoms with Gasteiger partial charge in [0.25, 0.3) is 0 Å². The van der Waals surface area contributed by atoms with E-state index in [1.54, 1.807) is 0 Å². The van der Waals surface area contributed by atoms with Gasteiger partial charge in [-0.1, -0.05) is 6.07 Å². The standard InChI is InChI=1S/C10H10F3NO3/c1-5(10(11,12)13)17-7-4-2-3-6(8(7)14)9(15)16/h2-5H,14H2,1H3,(H,15,16). The number of para-hydroxylation sites is 1. The Hall–Kier alpha value is -1.92. The summed E-state index contributed by atoms with van der Waals surface area (Å²) in [6.45, 7) is 0.812. The van der Waals surface area contributed by atoms with Crippen molar-refractivity contribution in [2.75, 3.05) is 5.73 Å². The molecule has 0 aliphatic heterocycles. The summed E-state index contributed by atoms with van der Waals surface area (Å²) in [5.41, 5.74) is 4.79. The zero-order valence-electron chi connectivity index (χ0n) is 8.78. The normalized spacial score (nSPS) is 13.2. The van der Waals surface area contributed by atoms with Crippen LogP contribution in [0.15, 0.2) is 18.2 Å². The number of hydrogen-bond donors (Lipinski definition) is 2. The van der Waals surface area contributed by atoms with Crippen LogP contribution in [0.25, 0.3) is 0 Å². The van der Waals surface area contributed by atoms with Crippen LogP contribution in [0.3, 0.4) is 0 Å². The molecule has 4 nitrogen and oxygen atoms in total. The molecule has 1 atom stereocenters. The molecule has 7 heteroatoms. The first-order chi connectivity index (χ1) is 7.73. The number of halogens is 3. The lowest BCUT2D eigenvalue weighted by atomic mass is 10.1. The highest BCUT2D eigenvalue weighted by Gasteiger charge is 2.38. The van der Waals surface area contributed by atoms with Crippen molar-refractivity contribution in [2.45, 2.75) is 19.2 Å². The molecule has 0 saturated carbocycles. The van der Waals surface area contributed by atoms with Gasteiger partial charge in [-0.05, 0) is 19.1 Å². The smallest absolute Gasteiger partial charge is 0.425 e. The van der Waals surface area contributed by atoms with Gasteiger partial charge in [-0.2, -0.15) is 13.2 Å². The summed E-state index contributed by atoms with van der Waals surface area (Å²) in [6, 6.07) is 3.63. The summed E-state index contributed by atoms with van der Waals surface area (Å²) in [7, 11) is 0. The average molecular weight is 249 g/mol. The number of benzene rings is 1. The van der Waals surface area contributed by atoms with E-state index in [2.05, 4.69) is 4.74 Å². The third kappa shape index (κ3) is 3.02. The number of aromatic carboxylic acids is 1. The second kappa shape index (κ2) is 4.52. The molecule has 0 heterocycles. The molecule has 0 radical (unpaired) electrons. The molecule has 0 spiro atoms. The predicted octanol–water partition coefficient (Wildman–Crippen LogP) is 2.30. The monoisotopic (exact) mass is 249 g/mol. The number of nitrogens with two attached hydrogens (primary N) is 1. The minimum absolute atomic E-state index is 0.295. The molecule has 0 aromatic heterocycles. The Bertz CT molecular complexity index is 431. The maximum Gasteiger partial charge on any atom is 0.425 e. The number of ether oxygens (including phenoxy) is 1. The number of hydrogen-bond acceptors (Lipinski definition) is 3. The summed E-state index contributed by atoms with van der Waals surface area (Å²) in [5, 5.41) is 8.73.